The molecule has 0 amide bonds. The molecule has 0 bridgehead atoms. The minimum Gasteiger partial charge on any atom is -0.493 e. The normalized spacial score (nSPS) is 13.1. The number of hydrogen-bond acceptors (Lipinski definition) is 5. The van der Waals surface area contributed by atoms with Crippen LogP contribution in [0.2, 0.25) is 0 Å². The summed E-state index contributed by atoms with van der Waals surface area (Å²) in [5.41, 5.74) is 1.24. The Hall–Kier alpha value is -2.90. The molecule has 0 spiro atoms. The number of aromatic nitrogens is 2. The summed E-state index contributed by atoms with van der Waals surface area (Å²) in [6.07, 6.45) is 0.455. The van der Waals surface area contributed by atoms with Gasteiger partial charge in [0.05, 0.1) is 26.2 Å². The van der Waals surface area contributed by atoms with Crippen LogP contribution in [0.3, 0.4) is 0 Å². The van der Waals surface area contributed by atoms with Crippen LogP contribution in [0.5, 0.6) is 11.5 Å². The first-order valence-electron chi connectivity index (χ1n) is 10.3. The number of aryl methyl sites for hydroxylation is 1. The van der Waals surface area contributed by atoms with Gasteiger partial charge in [-0.15, -0.1) is 12.4 Å². The Balaban J connectivity index is 0.00000324. The quantitative estimate of drug-likeness (QED) is 0.476. The van der Waals surface area contributed by atoms with E-state index in [1.807, 2.05) is 6.07 Å². The summed E-state index contributed by atoms with van der Waals surface area (Å²) in [5.74, 6) is -0.668. The van der Waals surface area contributed by atoms with Crippen molar-refractivity contribution in [3.05, 3.63) is 69.6 Å². The van der Waals surface area contributed by atoms with Crippen LogP contribution in [-0.4, -0.2) is 36.7 Å². The van der Waals surface area contributed by atoms with Gasteiger partial charge in [0.15, 0.2) is 23.1 Å². The van der Waals surface area contributed by atoms with Crippen LogP contribution in [0.4, 0.5) is 14.5 Å². The molecular weight excluding hydrogens is 487 g/mol. The van der Waals surface area contributed by atoms with Crippen molar-refractivity contribution < 1.29 is 22.8 Å². The minimum absolute atomic E-state index is 0. The van der Waals surface area contributed by atoms with E-state index in [9.17, 15) is 18.1 Å². The number of nitrogens with zero attached hydrogens (tertiary/aromatic N) is 3. The Morgan fingerprint density at radius 3 is 2.26 bits per heavy atom. The molecule has 4 rings (SSSR count). The standard InChI is InChI=1S/C23H24F2N3O4P.ClH/c1-31-19-10-14-8-9-27-18(15(14)11-20(19)32-2)12-21(28(23(27)29)13-33(3,4)30)26-22-16(24)6-5-7-17(22)25;/h5-7,10-12H,8-9,13H2,1-4H3;1H. The van der Waals surface area contributed by atoms with Gasteiger partial charge in [0.1, 0.15) is 18.3 Å². The van der Waals surface area contributed by atoms with Crippen LogP contribution in [-0.2, 0) is 23.8 Å². The van der Waals surface area contributed by atoms with E-state index in [0.29, 0.717) is 30.2 Å². The molecular formula is C23H25ClF2N3O4P. The van der Waals surface area contributed by atoms with E-state index < -0.39 is 30.2 Å². The van der Waals surface area contributed by atoms with Crippen LogP contribution in [0.15, 0.2) is 46.2 Å². The summed E-state index contributed by atoms with van der Waals surface area (Å²) in [7, 11) is 0.329. The number of hydrogen-bond donors (Lipinski definition) is 0. The van der Waals surface area contributed by atoms with E-state index in [2.05, 4.69) is 4.99 Å². The van der Waals surface area contributed by atoms with Gasteiger partial charge in [0, 0.05) is 18.2 Å². The fraction of sp³-hybridized carbons (Fsp3) is 0.304. The minimum atomic E-state index is -2.73. The number of ether oxygens (including phenoxy) is 2. The van der Waals surface area contributed by atoms with E-state index in [1.165, 1.54) is 17.7 Å². The zero-order valence-electron chi connectivity index (χ0n) is 19.2. The number of para-hydroxylation sites is 1. The largest absolute Gasteiger partial charge is 0.493 e. The highest BCUT2D eigenvalue weighted by molar-refractivity contribution is 7.61. The van der Waals surface area contributed by atoms with Gasteiger partial charge in [0.2, 0.25) is 0 Å². The summed E-state index contributed by atoms with van der Waals surface area (Å²) in [4.78, 5) is 17.6. The van der Waals surface area contributed by atoms with Crippen molar-refractivity contribution in [2.24, 2.45) is 4.99 Å². The van der Waals surface area contributed by atoms with Gasteiger partial charge in [-0.25, -0.2) is 18.6 Å². The predicted molar refractivity (Wildman–Crippen MR) is 129 cm³/mol. The molecule has 0 atom stereocenters. The highest BCUT2D eigenvalue weighted by atomic mass is 35.5. The molecule has 0 saturated carbocycles. The highest BCUT2D eigenvalue weighted by Crippen LogP contribution is 2.39. The lowest BCUT2D eigenvalue weighted by atomic mass is 9.97. The van der Waals surface area contributed by atoms with Crippen molar-refractivity contribution in [1.29, 1.82) is 0 Å². The lowest BCUT2D eigenvalue weighted by Crippen LogP contribution is -2.42. The predicted octanol–water partition coefficient (Wildman–Crippen LogP) is 4.40. The Morgan fingerprint density at radius 1 is 1.06 bits per heavy atom. The highest BCUT2D eigenvalue weighted by Gasteiger charge is 2.24. The van der Waals surface area contributed by atoms with E-state index >= 15 is 0 Å². The fourth-order valence-electron chi connectivity index (χ4n) is 3.94. The number of methoxy groups -OCH3 is 2. The third-order valence-corrected chi connectivity index (χ3v) is 6.39. The first-order valence-corrected chi connectivity index (χ1v) is 13.0. The molecule has 2 aromatic carbocycles. The number of fused-ring (bicyclic) bond motifs is 3. The lowest BCUT2D eigenvalue weighted by Gasteiger charge is -2.25. The molecule has 1 aliphatic heterocycles. The first-order chi connectivity index (χ1) is 15.6. The third kappa shape index (κ3) is 4.81. The molecule has 7 nitrogen and oxygen atoms in total. The number of benzene rings is 2. The van der Waals surface area contributed by atoms with Crippen LogP contribution in [0, 0.1) is 11.6 Å². The maximum atomic E-state index is 14.4. The van der Waals surface area contributed by atoms with Gasteiger partial charge in [0.25, 0.3) is 0 Å². The Morgan fingerprint density at radius 2 is 1.68 bits per heavy atom. The molecule has 0 radical (unpaired) electrons. The van der Waals surface area contributed by atoms with Crippen molar-refractivity contribution in [2.75, 3.05) is 27.5 Å². The van der Waals surface area contributed by atoms with Crippen LogP contribution in [0.1, 0.15) is 5.56 Å². The Bertz CT molecular complexity index is 1410. The Kier molecular flexibility index (Phi) is 7.38. The maximum absolute atomic E-state index is 14.4. The molecule has 0 saturated heterocycles. The van der Waals surface area contributed by atoms with Gasteiger partial charge in [-0.05, 0) is 49.6 Å². The van der Waals surface area contributed by atoms with Crippen LogP contribution in [0.25, 0.3) is 11.3 Å². The molecule has 34 heavy (non-hydrogen) atoms. The second kappa shape index (κ2) is 9.76. The van der Waals surface area contributed by atoms with Crippen molar-refractivity contribution in [1.82, 2.24) is 9.13 Å². The number of halogens is 3. The average molecular weight is 512 g/mol. The zero-order valence-corrected chi connectivity index (χ0v) is 20.9. The summed E-state index contributed by atoms with van der Waals surface area (Å²) in [6, 6.07) is 8.63. The molecule has 182 valence electrons. The smallest absolute Gasteiger partial charge is 0.330 e. The molecule has 0 aliphatic carbocycles. The summed E-state index contributed by atoms with van der Waals surface area (Å²) >= 11 is 0. The van der Waals surface area contributed by atoms with Gasteiger partial charge in [-0.1, -0.05) is 6.07 Å². The molecule has 0 N–H and O–H groups in total. The third-order valence-electron chi connectivity index (χ3n) is 5.43. The summed E-state index contributed by atoms with van der Waals surface area (Å²) in [6.45, 7) is 3.47. The molecule has 0 fully saturated rings. The zero-order chi connectivity index (χ0) is 23.9. The Labute approximate surface area is 201 Å². The van der Waals surface area contributed by atoms with Crippen molar-refractivity contribution in [2.45, 2.75) is 19.3 Å². The van der Waals surface area contributed by atoms with Crippen molar-refractivity contribution in [3.8, 4) is 22.8 Å². The SMILES string of the molecule is COc1cc2c(cc1OC)-c1cc(=Nc3c(F)cccc3F)n(CP(C)(C)=O)c(=O)n1CC2.Cl. The topological polar surface area (TPSA) is 74.8 Å². The summed E-state index contributed by atoms with van der Waals surface area (Å²) < 4.78 is 54.9. The van der Waals surface area contributed by atoms with E-state index in [0.717, 1.165) is 23.3 Å². The van der Waals surface area contributed by atoms with E-state index in [4.69, 9.17) is 9.47 Å². The average Bonchev–Trinajstić information content (AvgIpc) is 2.76. The molecule has 2 heterocycles. The summed E-state index contributed by atoms with van der Waals surface area (Å²) in [5, 5.41) is 0. The lowest BCUT2D eigenvalue weighted by molar-refractivity contribution is 0.354. The van der Waals surface area contributed by atoms with Crippen molar-refractivity contribution in [3.63, 3.8) is 0 Å². The van der Waals surface area contributed by atoms with Crippen molar-refractivity contribution >= 4 is 25.2 Å². The van der Waals surface area contributed by atoms with Gasteiger partial charge < -0.3 is 14.0 Å². The monoisotopic (exact) mass is 511 g/mol. The second-order valence-electron chi connectivity index (χ2n) is 8.26. The van der Waals surface area contributed by atoms with Crippen LogP contribution >= 0.6 is 19.5 Å². The van der Waals surface area contributed by atoms with E-state index in [1.54, 1.807) is 37.1 Å². The molecule has 11 heteroatoms. The molecule has 1 aromatic heterocycles. The number of rotatable bonds is 5. The van der Waals surface area contributed by atoms with Gasteiger partial charge >= 0.3 is 5.69 Å². The molecule has 3 aromatic rings. The van der Waals surface area contributed by atoms with Gasteiger partial charge in [-0.3, -0.25) is 9.13 Å². The fourth-order valence-corrected chi connectivity index (χ4v) is 4.89. The molecule has 1 aliphatic rings. The van der Waals surface area contributed by atoms with Gasteiger partial charge in [-0.2, -0.15) is 0 Å². The maximum Gasteiger partial charge on any atom is 0.330 e. The van der Waals surface area contributed by atoms with Crippen LogP contribution < -0.4 is 20.7 Å². The molecule has 0 unspecified atom stereocenters. The first kappa shape index (κ1) is 25.7. The second-order valence-corrected chi connectivity index (χ2v) is 11.7. The van der Waals surface area contributed by atoms with E-state index in [-0.39, 0.29) is 24.2 Å².